The summed E-state index contributed by atoms with van der Waals surface area (Å²) in [7, 11) is 1.48. The Kier molecular flexibility index (Phi) is 3.24. The first-order valence-corrected chi connectivity index (χ1v) is 4.34. The van der Waals surface area contributed by atoms with Gasteiger partial charge in [-0.3, -0.25) is 4.79 Å². The molecule has 72 valence electrons. The summed E-state index contributed by atoms with van der Waals surface area (Å²) in [6.07, 6.45) is 0.829. The van der Waals surface area contributed by atoms with Gasteiger partial charge in [-0.2, -0.15) is 5.26 Å². The Balaban J connectivity index is 3.23. The van der Waals surface area contributed by atoms with Gasteiger partial charge in [-0.1, -0.05) is 13.0 Å². The Hall–Kier alpha value is -1.82. The van der Waals surface area contributed by atoms with E-state index in [0.717, 1.165) is 12.0 Å². The summed E-state index contributed by atoms with van der Waals surface area (Å²) in [6.45, 7) is 1.99. The van der Waals surface area contributed by atoms with Crippen LogP contribution >= 0.6 is 0 Å². The van der Waals surface area contributed by atoms with Crippen LogP contribution in [0.15, 0.2) is 18.2 Å². The Morgan fingerprint density at radius 2 is 2.29 bits per heavy atom. The molecule has 0 radical (unpaired) electrons. The molecule has 3 heteroatoms. The number of nitrogens with zero attached hydrogens (tertiary/aromatic N) is 1. The van der Waals surface area contributed by atoms with Gasteiger partial charge in [0.2, 0.25) is 0 Å². The van der Waals surface area contributed by atoms with Crippen molar-refractivity contribution in [2.45, 2.75) is 13.3 Å². The predicted molar refractivity (Wildman–Crippen MR) is 52.3 cm³/mol. The highest BCUT2D eigenvalue weighted by Gasteiger charge is 2.11. The van der Waals surface area contributed by atoms with Crippen molar-refractivity contribution in [1.29, 1.82) is 5.26 Å². The Bertz CT molecular complexity index is 391. The summed E-state index contributed by atoms with van der Waals surface area (Å²) in [6, 6.07) is 6.88. The van der Waals surface area contributed by atoms with E-state index in [1.165, 1.54) is 7.11 Å². The topological polar surface area (TPSA) is 50.1 Å². The van der Waals surface area contributed by atoms with Gasteiger partial charge in [-0.25, -0.2) is 0 Å². The number of methoxy groups -OCH3 is 1. The molecule has 0 aliphatic rings. The maximum absolute atomic E-state index is 11.2. The highest BCUT2D eigenvalue weighted by atomic mass is 16.5. The van der Waals surface area contributed by atoms with Crippen molar-refractivity contribution in [2.75, 3.05) is 7.11 Å². The maximum atomic E-state index is 11.2. The number of carbonyl (C=O) groups excluding carboxylic acids is 1. The number of rotatable bonds is 3. The summed E-state index contributed by atoms with van der Waals surface area (Å²) in [5.41, 5.74) is 1.36. The lowest BCUT2D eigenvalue weighted by atomic mass is 10.1. The van der Waals surface area contributed by atoms with E-state index in [0.29, 0.717) is 11.3 Å². The smallest absolute Gasteiger partial charge is 0.265 e. The number of carbonyl (C=O) groups is 1. The highest BCUT2D eigenvalue weighted by Crippen LogP contribution is 2.20. The van der Waals surface area contributed by atoms with Crippen LogP contribution in [0.4, 0.5) is 0 Å². The second-order valence-corrected chi connectivity index (χ2v) is 2.83. The minimum atomic E-state index is -0.558. The molecule has 1 aromatic rings. The number of ether oxygens (including phenoxy) is 1. The molecule has 0 unspecified atom stereocenters. The van der Waals surface area contributed by atoms with E-state index >= 15 is 0 Å². The standard InChI is InChI=1S/C11H11NO2/c1-3-8-4-5-11(14-2)9(6-8)10(13)7-12/h4-6H,3H2,1-2H3. The quantitative estimate of drug-likeness (QED) is 0.539. The molecule has 14 heavy (non-hydrogen) atoms. The van der Waals surface area contributed by atoms with Crippen LogP contribution in [0.1, 0.15) is 22.8 Å². The molecule has 0 aliphatic heterocycles. The van der Waals surface area contributed by atoms with Gasteiger partial charge in [0.15, 0.2) is 0 Å². The normalized spacial score (nSPS) is 9.21. The molecule has 0 N–H and O–H groups in total. The zero-order valence-electron chi connectivity index (χ0n) is 8.20. The number of aryl methyl sites for hydroxylation is 1. The number of Topliss-reactive ketones (excluding diaryl/α,β-unsaturated/α-hetero) is 1. The number of hydrogen-bond donors (Lipinski definition) is 0. The van der Waals surface area contributed by atoms with Crippen LogP contribution in [0.25, 0.3) is 0 Å². The fourth-order valence-electron chi connectivity index (χ4n) is 1.21. The van der Waals surface area contributed by atoms with Gasteiger partial charge in [0, 0.05) is 0 Å². The molecule has 0 amide bonds. The third-order valence-electron chi connectivity index (χ3n) is 2.02. The molecule has 0 fully saturated rings. The van der Waals surface area contributed by atoms with Gasteiger partial charge in [0.1, 0.15) is 11.8 Å². The largest absolute Gasteiger partial charge is 0.496 e. The summed E-state index contributed by atoms with van der Waals surface area (Å²) in [5, 5.41) is 8.52. The minimum Gasteiger partial charge on any atom is -0.496 e. The van der Waals surface area contributed by atoms with E-state index in [1.807, 2.05) is 13.0 Å². The number of nitriles is 1. The van der Waals surface area contributed by atoms with E-state index in [4.69, 9.17) is 10.00 Å². The summed E-state index contributed by atoms with van der Waals surface area (Å²) in [5.74, 6) is -0.106. The molecule has 0 atom stereocenters. The summed E-state index contributed by atoms with van der Waals surface area (Å²) in [4.78, 5) is 11.2. The van der Waals surface area contributed by atoms with E-state index in [2.05, 4.69) is 0 Å². The summed E-state index contributed by atoms with van der Waals surface area (Å²) < 4.78 is 5.00. The number of ketones is 1. The van der Waals surface area contributed by atoms with Crippen molar-refractivity contribution in [2.24, 2.45) is 0 Å². The zero-order chi connectivity index (χ0) is 10.6. The first-order valence-electron chi connectivity index (χ1n) is 4.34. The van der Waals surface area contributed by atoms with Crippen molar-refractivity contribution in [1.82, 2.24) is 0 Å². The molecule has 1 rings (SSSR count). The van der Waals surface area contributed by atoms with Gasteiger partial charge in [-0.15, -0.1) is 0 Å². The molecule has 3 nitrogen and oxygen atoms in total. The first-order chi connectivity index (χ1) is 6.72. The van der Waals surface area contributed by atoms with E-state index in [-0.39, 0.29) is 0 Å². The lowest BCUT2D eigenvalue weighted by Crippen LogP contribution is -2.00. The summed E-state index contributed by atoms with van der Waals surface area (Å²) >= 11 is 0. The van der Waals surface area contributed by atoms with Gasteiger partial charge in [0.05, 0.1) is 12.7 Å². The van der Waals surface area contributed by atoms with Crippen LogP contribution in [0, 0.1) is 11.3 Å². The molecule has 0 saturated heterocycles. The van der Waals surface area contributed by atoms with Crippen molar-refractivity contribution in [3.63, 3.8) is 0 Å². The van der Waals surface area contributed by atoms with Crippen molar-refractivity contribution >= 4 is 5.78 Å². The Labute approximate surface area is 82.9 Å². The predicted octanol–water partition coefficient (Wildman–Crippen LogP) is 1.96. The second kappa shape index (κ2) is 4.43. The molecule has 0 bridgehead atoms. The lowest BCUT2D eigenvalue weighted by Gasteiger charge is -2.05. The molecule has 0 aromatic heterocycles. The molecule has 0 aliphatic carbocycles. The maximum Gasteiger partial charge on any atom is 0.265 e. The van der Waals surface area contributed by atoms with Crippen molar-refractivity contribution < 1.29 is 9.53 Å². The SMILES string of the molecule is CCc1ccc(OC)c(C(=O)C#N)c1. The fourth-order valence-corrected chi connectivity index (χ4v) is 1.21. The fraction of sp³-hybridized carbons (Fsp3) is 0.273. The molecule has 0 spiro atoms. The average molecular weight is 189 g/mol. The second-order valence-electron chi connectivity index (χ2n) is 2.83. The third-order valence-corrected chi connectivity index (χ3v) is 2.02. The average Bonchev–Trinajstić information content (AvgIpc) is 2.27. The monoisotopic (exact) mass is 189 g/mol. The van der Waals surface area contributed by atoms with Crippen molar-refractivity contribution in [3.05, 3.63) is 29.3 Å². The van der Waals surface area contributed by atoms with Gasteiger partial charge in [-0.05, 0) is 24.1 Å². The Morgan fingerprint density at radius 1 is 1.57 bits per heavy atom. The number of hydrogen-bond acceptors (Lipinski definition) is 3. The molecule has 1 aromatic carbocycles. The van der Waals surface area contributed by atoms with Crippen LogP contribution in [-0.4, -0.2) is 12.9 Å². The third kappa shape index (κ3) is 1.91. The molecular formula is C11H11NO2. The lowest BCUT2D eigenvalue weighted by molar-refractivity contribution is 0.105. The zero-order valence-corrected chi connectivity index (χ0v) is 8.20. The highest BCUT2D eigenvalue weighted by molar-refractivity contribution is 6.09. The van der Waals surface area contributed by atoms with Crippen LogP contribution in [0.3, 0.4) is 0 Å². The van der Waals surface area contributed by atoms with Gasteiger partial charge in [0.25, 0.3) is 5.78 Å². The van der Waals surface area contributed by atoms with E-state index in [9.17, 15) is 4.79 Å². The van der Waals surface area contributed by atoms with Gasteiger partial charge >= 0.3 is 0 Å². The van der Waals surface area contributed by atoms with Crippen LogP contribution < -0.4 is 4.74 Å². The van der Waals surface area contributed by atoms with E-state index < -0.39 is 5.78 Å². The van der Waals surface area contributed by atoms with Crippen LogP contribution in [0.5, 0.6) is 5.75 Å². The van der Waals surface area contributed by atoms with E-state index in [1.54, 1.807) is 18.2 Å². The van der Waals surface area contributed by atoms with Crippen molar-refractivity contribution in [3.8, 4) is 11.8 Å². The first kappa shape index (κ1) is 10.3. The van der Waals surface area contributed by atoms with Crippen LogP contribution in [0.2, 0.25) is 0 Å². The van der Waals surface area contributed by atoms with Crippen LogP contribution in [-0.2, 0) is 6.42 Å². The van der Waals surface area contributed by atoms with Gasteiger partial charge < -0.3 is 4.74 Å². The minimum absolute atomic E-state index is 0.342. The molecule has 0 saturated carbocycles. The number of benzene rings is 1. The molecular weight excluding hydrogens is 178 g/mol. The Morgan fingerprint density at radius 3 is 2.79 bits per heavy atom. The molecule has 0 heterocycles.